The van der Waals surface area contributed by atoms with E-state index in [1.165, 1.54) is 44.9 Å². The maximum absolute atomic E-state index is 11.8. The third-order valence-electron chi connectivity index (χ3n) is 7.59. The van der Waals surface area contributed by atoms with Crippen molar-refractivity contribution >= 4 is 5.78 Å². The van der Waals surface area contributed by atoms with E-state index in [4.69, 9.17) is 0 Å². The van der Waals surface area contributed by atoms with E-state index in [0.717, 1.165) is 25.2 Å². The maximum atomic E-state index is 11.8. The van der Waals surface area contributed by atoms with Gasteiger partial charge in [-0.3, -0.25) is 4.79 Å². The Morgan fingerprint density at radius 2 is 1.85 bits per heavy atom. The number of Topliss-reactive ketones (excluding diaryl/α,β-unsaturated/α-hetero) is 1. The van der Waals surface area contributed by atoms with Crippen LogP contribution in [0.2, 0.25) is 0 Å². The third kappa shape index (κ3) is 1.64. The van der Waals surface area contributed by atoms with Crippen LogP contribution in [0.3, 0.4) is 0 Å². The number of hydrogen-bond donors (Lipinski definition) is 0. The van der Waals surface area contributed by atoms with Crippen molar-refractivity contribution in [2.24, 2.45) is 22.7 Å². The lowest BCUT2D eigenvalue weighted by Gasteiger charge is -2.53. The molecule has 0 radical (unpaired) electrons. The summed E-state index contributed by atoms with van der Waals surface area (Å²) in [5.41, 5.74) is 4.69. The summed E-state index contributed by atoms with van der Waals surface area (Å²) in [5.74, 6) is 2.08. The fraction of sp³-hybridized carbons (Fsp3) is 0.842. The van der Waals surface area contributed by atoms with E-state index < -0.39 is 0 Å². The third-order valence-corrected chi connectivity index (χ3v) is 7.59. The predicted molar refractivity (Wildman–Crippen MR) is 81.4 cm³/mol. The summed E-state index contributed by atoms with van der Waals surface area (Å²) in [7, 11) is 0. The summed E-state index contributed by atoms with van der Waals surface area (Å²) in [6.45, 7) is 5.05. The lowest BCUT2D eigenvalue weighted by atomic mass is 9.52. The lowest BCUT2D eigenvalue weighted by molar-refractivity contribution is -0.124. The quantitative estimate of drug-likeness (QED) is 0.564. The van der Waals surface area contributed by atoms with E-state index in [-0.39, 0.29) is 0 Å². The molecule has 0 aromatic heterocycles. The number of rotatable bonds is 0. The van der Waals surface area contributed by atoms with Gasteiger partial charge >= 0.3 is 0 Å². The number of carbonyl (C=O) groups is 1. The second kappa shape index (κ2) is 4.21. The molecule has 20 heavy (non-hydrogen) atoms. The molecule has 0 aromatic rings. The number of hydrogen-bond acceptors (Lipinski definition) is 1. The van der Waals surface area contributed by atoms with Crippen LogP contribution >= 0.6 is 0 Å². The van der Waals surface area contributed by atoms with Gasteiger partial charge in [0.1, 0.15) is 5.78 Å². The SMILES string of the molecule is C[C@@]12CCC[C@@H]1C1=C(CC2)[C@@]2(C)CCC(=O)C[C@H]2CC1. The highest BCUT2D eigenvalue weighted by Crippen LogP contribution is 2.63. The molecule has 2 saturated carbocycles. The molecule has 110 valence electrons. The van der Waals surface area contributed by atoms with Crippen molar-refractivity contribution in [3.63, 3.8) is 0 Å². The van der Waals surface area contributed by atoms with Gasteiger partial charge in [-0.1, -0.05) is 31.4 Å². The van der Waals surface area contributed by atoms with E-state index in [9.17, 15) is 4.79 Å². The Bertz CT molecular complexity index is 488. The van der Waals surface area contributed by atoms with Crippen LogP contribution in [-0.4, -0.2) is 5.78 Å². The number of allylic oxidation sites excluding steroid dienone is 2. The van der Waals surface area contributed by atoms with Crippen LogP contribution < -0.4 is 0 Å². The van der Waals surface area contributed by atoms with Crippen LogP contribution in [0.4, 0.5) is 0 Å². The molecular formula is C19H28O. The van der Waals surface area contributed by atoms with Gasteiger partial charge in [0.05, 0.1) is 0 Å². The molecule has 2 fully saturated rings. The van der Waals surface area contributed by atoms with Gasteiger partial charge in [0.2, 0.25) is 0 Å². The summed E-state index contributed by atoms with van der Waals surface area (Å²) in [6, 6.07) is 0. The summed E-state index contributed by atoms with van der Waals surface area (Å²) in [5, 5.41) is 0. The summed E-state index contributed by atoms with van der Waals surface area (Å²) < 4.78 is 0. The second-order valence-corrected chi connectivity index (χ2v) is 8.50. The van der Waals surface area contributed by atoms with E-state index in [2.05, 4.69) is 13.8 Å². The van der Waals surface area contributed by atoms with Crippen LogP contribution in [0.1, 0.15) is 78.1 Å². The molecule has 4 aliphatic rings. The molecule has 0 bridgehead atoms. The molecule has 0 unspecified atom stereocenters. The van der Waals surface area contributed by atoms with E-state index in [1.807, 2.05) is 11.1 Å². The molecule has 0 aromatic carbocycles. The fourth-order valence-electron chi connectivity index (χ4n) is 6.24. The summed E-state index contributed by atoms with van der Waals surface area (Å²) in [4.78, 5) is 11.8. The van der Waals surface area contributed by atoms with Crippen LogP contribution in [-0.2, 0) is 4.79 Å². The highest BCUT2D eigenvalue weighted by atomic mass is 16.1. The molecular weight excluding hydrogens is 244 g/mol. The van der Waals surface area contributed by atoms with Crippen molar-refractivity contribution in [1.29, 1.82) is 0 Å². The van der Waals surface area contributed by atoms with E-state index >= 15 is 0 Å². The van der Waals surface area contributed by atoms with Gasteiger partial charge in [0.25, 0.3) is 0 Å². The van der Waals surface area contributed by atoms with Gasteiger partial charge in [-0.2, -0.15) is 0 Å². The Hall–Kier alpha value is -0.590. The number of fused-ring (bicyclic) bond motifs is 4. The Morgan fingerprint density at radius 1 is 1.00 bits per heavy atom. The number of ketones is 1. The van der Waals surface area contributed by atoms with Gasteiger partial charge in [-0.25, -0.2) is 0 Å². The first-order valence-corrected chi connectivity index (χ1v) is 8.77. The lowest BCUT2D eigenvalue weighted by Crippen LogP contribution is -2.43. The van der Waals surface area contributed by atoms with Gasteiger partial charge in [-0.15, -0.1) is 0 Å². The minimum absolute atomic E-state index is 0.380. The van der Waals surface area contributed by atoms with Crippen molar-refractivity contribution in [3.05, 3.63) is 11.1 Å². The smallest absolute Gasteiger partial charge is 0.133 e. The second-order valence-electron chi connectivity index (χ2n) is 8.50. The topological polar surface area (TPSA) is 17.1 Å². The Morgan fingerprint density at radius 3 is 2.70 bits per heavy atom. The largest absolute Gasteiger partial charge is 0.300 e. The molecule has 0 saturated heterocycles. The Kier molecular flexibility index (Phi) is 2.76. The Balaban J connectivity index is 1.75. The van der Waals surface area contributed by atoms with Gasteiger partial charge in [-0.05, 0) is 67.6 Å². The summed E-state index contributed by atoms with van der Waals surface area (Å²) in [6.07, 6.45) is 12.5. The van der Waals surface area contributed by atoms with Crippen molar-refractivity contribution in [3.8, 4) is 0 Å². The standard InChI is InChI=1S/C19H28O/c1-18-9-3-4-16(18)15-6-5-13-12-14(20)7-11-19(13,2)17(15)8-10-18/h13,16H,3-12H2,1-2H3/t13-,16-,18+,19+/m1/s1. The molecule has 1 heteroatoms. The van der Waals surface area contributed by atoms with Crippen LogP contribution in [0.5, 0.6) is 0 Å². The van der Waals surface area contributed by atoms with Crippen molar-refractivity contribution < 1.29 is 4.79 Å². The number of carbonyl (C=O) groups excluding carboxylic acids is 1. The Labute approximate surface area is 123 Å². The van der Waals surface area contributed by atoms with Gasteiger partial charge in [0.15, 0.2) is 0 Å². The summed E-state index contributed by atoms with van der Waals surface area (Å²) >= 11 is 0. The average Bonchev–Trinajstić information content (AvgIpc) is 2.81. The molecule has 1 nitrogen and oxygen atoms in total. The van der Waals surface area contributed by atoms with Crippen molar-refractivity contribution in [2.45, 2.75) is 78.1 Å². The molecule has 4 aliphatic carbocycles. The minimum Gasteiger partial charge on any atom is -0.300 e. The molecule has 0 amide bonds. The predicted octanol–water partition coefficient (Wildman–Crippen LogP) is 5.05. The van der Waals surface area contributed by atoms with Crippen LogP contribution in [0, 0.1) is 22.7 Å². The first-order valence-electron chi connectivity index (χ1n) is 8.77. The molecule has 0 heterocycles. The molecule has 4 atom stereocenters. The molecule has 0 spiro atoms. The first-order chi connectivity index (χ1) is 9.53. The zero-order valence-corrected chi connectivity index (χ0v) is 13.1. The monoisotopic (exact) mass is 272 g/mol. The van der Waals surface area contributed by atoms with Crippen molar-refractivity contribution in [2.75, 3.05) is 0 Å². The average molecular weight is 272 g/mol. The van der Waals surface area contributed by atoms with Crippen LogP contribution in [0.15, 0.2) is 11.1 Å². The van der Waals surface area contributed by atoms with Crippen LogP contribution in [0.25, 0.3) is 0 Å². The first kappa shape index (κ1) is 13.1. The zero-order valence-electron chi connectivity index (χ0n) is 13.1. The van der Waals surface area contributed by atoms with E-state index in [0.29, 0.717) is 22.5 Å². The highest BCUT2D eigenvalue weighted by molar-refractivity contribution is 5.80. The van der Waals surface area contributed by atoms with E-state index in [1.54, 1.807) is 0 Å². The maximum Gasteiger partial charge on any atom is 0.133 e. The normalized spacial score (nSPS) is 47.8. The van der Waals surface area contributed by atoms with Crippen molar-refractivity contribution in [1.82, 2.24) is 0 Å². The highest BCUT2D eigenvalue weighted by Gasteiger charge is 2.51. The fourth-order valence-corrected chi connectivity index (χ4v) is 6.24. The zero-order chi connectivity index (χ0) is 14.0. The molecule has 0 aliphatic heterocycles. The molecule has 4 rings (SSSR count). The minimum atomic E-state index is 0.380. The van der Waals surface area contributed by atoms with Gasteiger partial charge < -0.3 is 0 Å². The molecule has 0 N–H and O–H groups in total. The van der Waals surface area contributed by atoms with Gasteiger partial charge in [0, 0.05) is 12.8 Å².